The van der Waals surface area contributed by atoms with Crippen LogP contribution < -0.4 is 10.6 Å². The van der Waals surface area contributed by atoms with E-state index >= 15 is 0 Å². The van der Waals surface area contributed by atoms with Gasteiger partial charge in [0.05, 0.1) is 5.56 Å². The standard InChI is InChI=1S/C24H26F4N6O/c1-15-12-30-22(32-20(15)29-2)34-13-18(19(33-34)24(26,27)28)21(35)31-14-23(10-4-3-5-11-23)16-6-8-17(25)9-7-16/h6-9,12-13H,3-5,10-11,14H2,1-2H3,(H,31,35)(H,29,30,32). The van der Waals surface area contributed by atoms with E-state index in [1.54, 1.807) is 26.1 Å². The van der Waals surface area contributed by atoms with Gasteiger partial charge in [-0.2, -0.15) is 23.3 Å². The summed E-state index contributed by atoms with van der Waals surface area (Å²) in [4.78, 5) is 21.3. The fourth-order valence-corrected chi connectivity index (χ4v) is 4.59. The van der Waals surface area contributed by atoms with E-state index in [9.17, 15) is 22.4 Å². The maximum atomic E-state index is 13.8. The van der Waals surface area contributed by atoms with E-state index in [1.807, 2.05) is 0 Å². The minimum absolute atomic E-state index is 0.0976. The zero-order valence-corrected chi connectivity index (χ0v) is 19.4. The monoisotopic (exact) mass is 490 g/mol. The number of aryl methyl sites for hydroxylation is 1. The summed E-state index contributed by atoms with van der Waals surface area (Å²) in [5.41, 5.74) is -0.839. The lowest BCUT2D eigenvalue weighted by Gasteiger charge is -2.38. The van der Waals surface area contributed by atoms with Gasteiger partial charge in [-0.25, -0.2) is 14.1 Å². The van der Waals surface area contributed by atoms with Crippen LogP contribution >= 0.6 is 0 Å². The molecule has 1 aromatic carbocycles. The Morgan fingerprint density at radius 2 is 1.83 bits per heavy atom. The highest BCUT2D eigenvalue weighted by Gasteiger charge is 2.40. The summed E-state index contributed by atoms with van der Waals surface area (Å²) in [5, 5.41) is 9.13. The summed E-state index contributed by atoms with van der Waals surface area (Å²) in [6, 6.07) is 6.08. The Labute approximate surface area is 200 Å². The lowest BCUT2D eigenvalue weighted by Crippen LogP contribution is -2.42. The predicted molar refractivity (Wildman–Crippen MR) is 122 cm³/mol. The lowest BCUT2D eigenvalue weighted by molar-refractivity contribution is -0.141. The maximum Gasteiger partial charge on any atom is 0.435 e. The van der Waals surface area contributed by atoms with Crippen LogP contribution in [-0.2, 0) is 11.6 Å². The fourth-order valence-electron chi connectivity index (χ4n) is 4.59. The smallest absolute Gasteiger partial charge is 0.373 e. The van der Waals surface area contributed by atoms with Gasteiger partial charge >= 0.3 is 6.18 Å². The van der Waals surface area contributed by atoms with Crippen LogP contribution in [-0.4, -0.2) is 39.2 Å². The highest BCUT2D eigenvalue weighted by atomic mass is 19.4. The van der Waals surface area contributed by atoms with Gasteiger partial charge in [0.25, 0.3) is 11.9 Å². The Morgan fingerprint density at radius 3 is 2.46 bits per heavy atom. The molecule has 186 valence electrons. The number of rotatable bonds is 6. The van der Waals surface area contributed by atoms with Crippen molar-refractivity contribution in [3.05, 3.63) is 64.9 Å². The first-order valence-corrected chi connectivity index (χ1v) is 11.4. The van der Waals surface area contributed by atoms with Crippen LogP contribution in [0.2, 0.25) is 0 Å². The van der Waals surface area contributed by atoms with Crippen LogP contribution in [0.1, 0.15) is 59.3 Å². The fraction of sp³-hybridized carbons (Fsp3) is 0.417. The van der Waals surface area contributed by atoms with E-state index in [2.05, 4.69) is 25.7 Å². The topological polar surface area (TPSA) is 84.7 Å². The largest absolute Gasteiger partial charge is 0.435 e. The molecule has 0 atom stereocenters. The summed E-state index contributed by atoms with van der Waals surface area (Å²) < 4.78 is 55.7. The van der Waals surface area contributed by atoms with E-state index in [0.29, 0.717) is 11.4 Å². The highest BCUT2D eigenvalue weighted by molar-refractivity contribution is 5.95. The van der Waals surface area contributed by atoms with Gasteiger partial charge in [-0.1, -0.05) is 31.4 Å². The molecular weight excluding hydrogens is 464 g/mol. The van der Waals surface area contributed by atoms with Gasteiger partial charge in [0.15, 0.2) is 5.69 Å². The Kier molecular flexibility index (Phi) is 6.77. The van der Waals surface area contributed by atoms with E-state index in [-0.39, 0.29) is 18.3 Å². The molecule has 0 spiro atoms. The number of carbonyl (C=O) groups excluding carboxylic acids is 1. The molecule has 3 aromatic rings. The van der Waals surface area contributed by atoms with E-state index < -0.39 is 28.8 Å². The number of alkyl halides is 3. The molecular formula is C24H26F4N6O. The zero-order chi connectivity index (χ0) is 25.2. The first kappa shape index (κ1) is 24.6. The predicted octanol–water partition coefficient (Wildman–Crippen LogP) is 4.80. The van der Waals surface area contributed by atoms with Crippen LogP contribution in [0.3, 0.4) is 0 Å². The molecule has 0 bridgehead atoms. The van der Waals surface area contributed by atoms with E-state index in [1.165, 1.54) is 18.3 Å². The summed E-state index contributed by atoms with van der Waals surface area (Å²) in [6.07, 6.45) is 1.95. The number of carbonyl (C=O) groups is 1. The van der Waals surface area contributed by atoms with Crippen molar-refractivity contribution in [3.63, 3.8) is 0 Å². The molecule has 2 N–H and O–H groups in total. The molecule has 0 aliphatic heterocycles. The quantitative estimate of drug-likeness (QED) is 0.485. The zero-order valence-electron chi connectivity index (χ0n) is 19.4. The molecule has 4 rings (SSSR count). The molecule has 2 aromatic heterocycles. The van der Waals surface area contributed by atoms with Gasteiger partial charge < -0.3 is 10.6 Å². The molecule has 0 unspecified atom stereocenters. The SMILES string of the molecule is CNc1nc(-n2cc(C(=O)NCC3(c4ccc(F)cc4)CCCCC3)c(C(F)(F)F)n2)ncc1C. The number of benzene rings is 1. The second kappa shape index (κ2) is 9.63. The number of aromatic nitrogens is 4. The average Bonchev–Trinajstić information content (AvgIpc) is 3.30. The van der Waals surface area contributed by atoms with Gasteiger partial charge in [-0.15, -0.1) is 0 Å². The van der Waals surface area contributed by atoms with Crippen LogP contribution in [0.5, 0.6) is 0 Å². The van der Waals surface area contributed by atoms with Crippen molar-refractivity contribution in [2.45, 2.75) is 50.6 Å². The number of halogens is 4. The third-order valence-electron chi connectivity index (χ3n) is 6.48. The number of amides is 1. The molecule has 1 saturated carbocycles. The lowest BCUT2D eigenvalue weighted by atomic mass is 9.69. The second-order valence-electron chi connectivity index (χ2n) is 8.82. The maximum absolute atomic E-state index is 13.8. The molecule has 7 nitrogen and oxygen atoms in total. The van der Waals surface area contributed by atoms with Crippen LogP contribution in [0, 0.1) is 12.7 Å². The number of anilines is 1. The summed E-state index contributed by atoms with van der Waals surface area (Å²) in [5.74, 6) is -0.925. The number of nitrogens with zero attached hydrogens (tertiary/aromatic N) is 4. The van der Waals surface area contributed by atoms with E-state index in [4.69, 9.17) is 0 Å². The summed E-state index contributed by atoms with van der Waals surface area (Å²) >= 11 is 0. The average molecular weight is 491 g/mol. The first-order valence-electron chi connectivity index (χ1n) is 11.4. The van der Waals surface area contributed by atoms with Crippen molar-refractivity contribution in [3.8, 4) is 5.95 Å². The second-order valence-corrected chi connectivity index (χ2v) is 8.82. The van der Waals surface area contributed by atoms with Gasteiger partial charge in [-0.3, -0.25) is 4.79 Å². The molecule has 35 heavy (non-hydrogen) atoms. The van der Waals surface area contributed by atoms with Crippen molar-refractivity contribution in [2.24, 2.45) is 0 Å². The molecule has 11 heteroatoms. The van der Waals surface area contributed by atoms with Crippen LogP contribution in [0.4, 0.5) is 23.4 Å². The first-order chi connectivity index (χ1) is 16.6. The van der Waals surface area contributed by atoms with Crippen LogP contribution in [0.15, 0.2) is 36.7 Å². The Hall–Kier alpha value is -3.50. The van der Waals surface area contributed by atoms with E-state index in [0.717, 1.165) is 48.5 Å². The van der Waals surface area contributed by atoms with Crippen molar-refractivity contribution >= 4 is 11.7 Å². The molecule has 0 saturated heterocycles. The minimum Gasteiger partial charge on any atom is -0.373 e. The molecule has 1 amide bonds. The van der Waals surface area contributed by atoms with Crippen molar-refractivity contribution < 1.29 is 22.4 Å². The van der Waals surface area contributed by atoms with Crippen molar-refractivity contribution in [1.82, 2.24) is 25.1 Å². The van der Waals surface area contributed by atoms with Gasteiger partial charge in [0, 0.05) is 37.0 Å². The van der Waals surface area contributed by atoms with Gasteiger partial charge in [0.1, 0.15) is 11.6 Å². The Morgan fingerprint density at radius 1 is 1.14 bits per heavy atom. The van der Waals surface area contributed by atoms with Crippen LogP contribution in [0.25, 0.3) is 5.95 Å². The van der Waals surface area contributed by atoms with Crippen molar-refractivity contribution in [1.29, 1.82) is 0 Å². The third-order valence-corrected chi connectivity index (χ3v) is 6.48. The molecule has 2 heterocycles. The Bertz CT molecular complexity index is 1200. The summed E-state index contributed by atoms with van der Waals surface area (Å²) in [6.45, 7) is 1.88. The van der Waals surface area contributed by atoms with Crippen molar-refractivity contribution in [2.75, 3.05) is 18.9 Å². The molecule has 1 aliphatic carbocycles. The third kappa shape index (κ3) is 5.13. The normalized spacial score (nSPS) is 15.6. The van der Waals surface area contributed by atoms with Gasteiger partial charge in [-0.05, 0) is 37.5 Å². The molecule has 1 fully saturated rings. The number of nitrogens with one attached hydrogen (secondary N) is 2. The Balaban J connectivity index is 1.63. The molecule has 1 aliphatic rings. The minimum atomic E-state index is -4.85. The summed E-state index contributed by atoms with van der Waals surface area (Å²) in [7, 11) is 1.63. The highest BCUT2D eigenvalue weighted by Crippen LogP contribution is 2.39. The number of hydrogen-bond donors (Lipinski definition) is 2. The van der Waals surface area contributed by atoms with Gasteiger partial charge in [0.2, 0.25) is 0 Å². The number of hydrogen-bond acceptors (Lipinski definition) is 5. The molecule has 0 radical (unpaired) electrons.